The number of amides is 1. The van der Waals surface area contributed by atoms with E-state index in [0.29, 0.717) is 11.4 Å². The van der Waals surface area contributed by atoms with Crippen LogP contribution in [0.15, 0.2) is 47.2 Å². The Morgan fingerprint density at radius 3 is 2.84 bits per heavy atom. The van der Waals surface area contributed by atoms with Gasteiger partial charge in [0, 0.05) is 11.1 Å². The van der Waals surface area contributed by atoms with Crippen molar-refractivity contribution in [2.75, 3.05) is 11.9 Å². The molecule has 25 heavy (non-hydrogen) atoms. The lowest BCUT2D eigenvalue weighted by atomic mass is 10.3. The minimum atomic E-state index is -0.544. The maximum atomic E-state index is 13.0. The molecule has 3 aromatic rings. The van der Waals surface area contributed by atoms with Crippen LogP contribution < -0.4 is 5.32 Å². The van der Waals surface area contributed by atoms with E-state index in [1.807, 2.05) is 17.5 Å². The van der Waals surface area contributed by atoms with E-state index in [9.17, 15) is 14.0 Å². The van der Waals surface area contributed by atoms with Gasteiger partial charge in [0.1, 0.15) is 10.8 Å². The molecule has 0 bridgehead atoms. The number of nitrogens with one attached hydrogen (secondary N) is 1. The molecule has 1 N–H and O–H groups in total. The van der Waals surface area contributed by atoms with Crippen molar-refractivity contribution >= 4 is 40.2 Å². The van der Waals surface area contributed by atoms with Crippen molar-refractivity contribution in [2.45, 2.75) is 6.42 Å². The number of nitrogens with zero attached hydrogens (tertiary/aromatic N) is 1. The highest BCUT2D eigenvalue weighted by Gasteiger charge is 2.12. The van der Waals surface area contributed by atoms with Gasteiger partial charge >= 0.3 is 5.97 Å². The Kier molecular flexibility index (Phi) is 5.52. The van der Waals surface area contributed by atoms with Crippen LogP contribution in [0.3, 0.4) is 0 Å². The first kappa shape index (κ1) is 17.2. The first-order chi connectivity index (χ1) is 12.1. The molecule has 5 nitrogen and oxygen atoms in total. The summed E-state index contributed by atoms with van der Waals surface area (Å²) in [5, 5.41) is 7.06. The maximum absolute atomic E-state index is 13.0. The summed E-state index contributed by atoms with van der Waals surface area (Å²) < 4.78 is 18.0. The molecule has 0 saturated heterocycles. The summed E-state index contributed by atoms with van der Waals surface area (Å²) in [5.41, 5.74) is 0.907. The zero-order valence-corrected chi connectivity index (χ0v) is 14.5. The second-order valence-electron chi connectivity index (χ2n) is 5.02. The lowest BCUT2D eigenvalue weighted by Crippen LogP contribution is -2.21. The SMILES string of the molecule is O=C(COC(=O)Cc1csc(-c2cccs2)n1)Nc1cccc(F)c1. The number of aromatic nitrogens is 1. The van der Waals surface area contributed by atoms with Gasteiger partial charge in [-0.2, -0.15) is 0 Å². The number of ether oxygens (including phenoxy) is 1. The third-order valence-corrected chi connectivity index (χ3v) is 5.01. The predicted octanol–water partition coefficient (Wildman–Crippen LogP) is 3.74. The summed E-state index contributed by atoms with van der Waals surface area (Å²) in [4.78, 5) is 29.0. The number of anilines is 1. The lowest BCUT2D eigenvalue weighted by molar-refractivity contribution is -0.146. The van der Waals surface area contributed by atoms with E-state index in [4.69, 9.17) is 4.74 Å². The van der Waals surface area contributed by atoms with Crippen molar-refractivity contribution in [3.8, 4) is 9.88 Å². The molecular formula is C17H13FN2O3S2. The standard InChI is InChI=1S/C17H13FN2O3S2/c18-11-3-1-4-12(7-11)19-15(21)9-23-16(22)8-13-10-25-17(20-13)14-5-2-6-24-14/h1-7,10H,8-9H2,(H,19,21). The number of hydrogen-bond acceptors (Lipinski definition) is 6. The van der Waals surface area contributed by atoms with Crippen LogP contribution >= 0.6 is 22.7 Å². The van der Waals surface area contributed by atoms with Crippen molar-refractivity contribution in [3.05, 3.63) is 58.7 Å². The minimum absolute atomic E-state index is 0.00484. The van der Waals surface area contributed by atoms with Crippen molar-refractivity contribution in [3.63, 3.8) is 0 Å². The van der Waals surface area contributed by atoms with Crippen LogP contribution in [0.5, 0.6) is 0 Å². The normalized spacial score (nSPS) is 10.4. The molecular weight excluding hydrogens is 363 g/mol. The molecule has 0 radical (unpaired) electrons. The van der Waals surface area contributed by atoms with Crippen LogP contribution in [0.25, 0.3) is 9.88 Å². The highest BCUT2D eigenvalue weighted by molar-refractivity contribution is 7.20. The lowest BCUT2D eigenvalue weighted by Gasteiger charge is -2.06. The van der Waals surface area contributed by atoms with Crippen molar-refractivity contribution in [2.24, 2.45) is 0 Å². The zero-order valence-electron chi connectivity index (χ0n) is 12.9. The Hall–Kier alpha value is -2.58. The molecule has 0 aliphatic heterocycles. The highest BCUT2D eigenvalue weighted by atomic mass is 32.1. The summed E-state index contributed by atoms with van der Waals surface area (Å²) in [6.07, 6.45) is -0.00484. The molecule has 0 unspecified atom stereocenters. The van der Waals surface area contributed by atoms with Gasteiger partial charge in [-0.05, 0) is 29.6 Å². The minimum Gasteiger partial charge on any atom is -0.455 e. The third kappa shape index (κ3) is 4.94. The molecule has 0 aliphatic carbocycles. The Bertz CT molecular complexity index is 878. The number of rotatable bonds is 6. The summed E-state index contributed by atoms with van der Waals surface area (Å²) >= 11 is 3.03. The molecule has 8 heteroatoms. The van der Waals surface area contributed by atoms with E-state index in [-0.39, 0.29) is 6.42 Å². The van der Waals surface area contributed by atoms with E-state index >= 15 is 0 Å². The van der Waals surface area contributed by atoms with Gasteiger partial charge in [-0.25, -0.2) is 9.37 Å². The van der Waals surface area contributed by atoms with Crippen LogP contribution in [0.2, 0.25) is 0 Å². The summed E-state index contributed by atoms with van der Waals surface area (Å²) in [7, 11) is 0. The fraction of sp³-hybridized carbons (Fsp3) is 0.118. The Morgan fingerprint density at radius 1 is 1.20 bits per heavy atom. The molecule has 128 valence electrons. The molecule has 0 fully saturated rings. The van der Waals surface area contributed by atoms with Gasteiger partial charge in [-0.1, -0.05) is 12.1 Å². The van der Waals surface area contributed by atoms with Gasteiger partial charge in [-0.15, -0.1) is 22.7 Å². The number of carbonyl (C=O) groups is 2. The molecule has 0 saturated carbocycles. The van der Waals surface area contributed by atoms with Crippen LogP contribution in [0, 0.1) is 5.82 Å². The summed E-state index contributed by atoms with van der Waals surface area (Å²) in [6.45, 7) is -0.433. The largest absolute Gasteiger partial charge is 0.455 e. The van der Waals surface area contributed by atoms with E-state index in [1.54, 1.807) is 22.8 Å². The Balaban J connectivity index is 1.47. The van der Waals surface area contributed by atoms with Gasteiger partial charge in [-0.3, -0.25) is 9.59 Å². The third-order valence-electron chi connectivity index (χ3n) is 3.08. The fourth-order valence-electron chi connectivity index (χ4n) is 2.01. The smallest absolute Gasteiger partial charge is 0.312 e. The first-order valence-electron chi connectivity index (χ1n) is 7.29. The number of carbonyl (C=O) groups excluding carboxylic acids is 2. The van der Waals surface area contributed by atoms with Crippen molar-refractivity contribution < 1.29 is 18.7 Å². The van der Waals surface area contributed by atoms with Gasteiger partial charge < -0.3 is 10.1 Å². The number of thiazole rings is 1. The molecule has 0 spiro atoms. The van der Waals surface area contributed by atoms with Crippen LogP contribution in [0.4, 0.5) is 10.1 Å². The van der Waals surface area contributed by atoms with Crippen LogP contribution in [0.1, 0.15) is 5.69 Å². The highest BCUT2D eigenvalue weighted by Crippen LogP contribution is 2.27. The second kappa shape index (κ2) is 8.00. The number of benzene rings is 1. The van der Waals surface area contributed by atoms with E-state index in [2.05, 4.69) is 10.3 Å². The predicted molar refractivity (Wildman–Crippen MR) is 95.1 cm³/mol. The van der Waals surface area contributed by atoms with Crippen molar-refractivity contribution in [1.82, 2.24) is 4.98 Å². The van der Waals surface area contributed by atoms with Crippen molar-refractivity contribution in [1.29, 1.82) is 0 Å². The summed E-state index contributed by atoms with van der Waals surface area (Å²) in [5.74, 6) is -1.53. The van der Waals surface area contributed by atoms with E-state index in [0.717, 1.165) is 9.88 Å². The van der Waals surface area contributed by atoms with Gasteiger partial charge in [0.2, 0.25) is 0 Å². The van der Waals surface area contributed by atoms with Crippen LogP contribution in [-0.2, 0) is 20.7 Å². The Labute approximate surface area is 151 Å². The molecule has 0 atom stereocenters. The summed E-state index contributed by atoms with van der Waals surface area (Å²) in [6, 6.07) is 9.37. The quantitative estimate of drug-likeness (QED) is 0.666. The van der Waals surface area contributed by atoms with E-state index < -0.39 is 24.3 Å². The molecule has 1 aromatic carbocycles. The zero-order chi connectivity index (χ0) is 17.6. The first-order valence-corrected chi connectivity index (χ1v) is 9.05. The molecule has 1 amide bonds. The molecule has 3 rings (SSSR count). The number of esters is 1. The monoisotopic (exact) mass is 376 g/mol. The number of hydrogen-bond donors (Lipinski definition) is 1. The van der Waals surface area contributed by atoms with E-state index in [1.165, 1.54) is 29.5 Å². The van der Waals surface area contributed by atoms with Gasteiger partial charge in [0.15, 0.2) is 6.61 Å². The Morgan fingerprint density at radius 2 is 2.08 bits per heavy atom. The maximum Gasteiger partial charge on any atom is 0.312 e. The second-order valence-corrected chi connectivity index (χ2v) is 6.82. The molecule has 2 heterocycles. The van der Waals surface area contributed by atoms with Gasteiger partial charge in [0.25, 0.3) is 5.91 Å². The molecule has 0 aliphatic rings. The average molecular weight is 376 g/mol. The molecule has 2 aromatic heterocycles. The topological polar surface area (TPSA) is 68.3 Å². The number of halogens is 1. The number of thiophene rings is 1. The average Bonchev–Trinajstić information content (AvgIpc) is 3.24. The van der Waals surface area contributed by atoms with Crippen LogP contribution in [-0.4, -0.2) is 23.5 Å². The fourth-order valence-corrected chi connectivity index (χ4v) is 3.64. The van der Waals surface area contributed by atoms with Gasteiger partial charge in [0.05, 0.1) is 17.0 Å².